The highest BCUT2D eigenvalue weighted by atomic mass is 35.5. The SMILES string of the molecule is COC(=O)NNC(=O)CCC(=O)Nc1ccccc1Cl. The first kappa shape index (κ1) is 15.8. The van der Waals surface area contributed by atoms with E-state index in [-0.39, 0.29) is 18.7 Å². The number of ether oxygens (including phenoxy) is 1. The van der Waals surface area contributed by atoms with Crippen molar-refractivity contribution in [1.82, 2.24) is 10.9 Å². The van der Waals surface area contributed by atoms with Crippen molar-refractivity contribution in [3.05, 3.63) is 29.3 Å². The second-order valence-electron chi connectivity index (χ2n) is 3.69. The number of anilines is 1. The molecule has 3 amide bonds. The minimum absolute atomic E-state index is 0.0418. The molecule has 0 aliphatic carbocycles. The summed E-state index contributed by atoms with van der Waals surface area (Å²) in [5.41, 5.74) is 4.57. The molecule has 1 aromatic carbocycles. The average Bonchev–Trinajstić information content (AvgIpc) is 2.45. The normalized spacial score (nSPS) is 9.50. The van der Waals surface area contributed by atoms with Crippen molar-refractivity contribution in [3.63, 3.8) is 0 Å². The number of hydrogen-bond acceptors (Lipinski definition) is 4. The van der Waals surface area contributed by atoms with Gasteiger partial charge in [-0.05, 0) is 12.1 Å². The predicted molar refractivity (Wildman–Crippen MR) is 73.0 cm³/mol. The summed E-state index contributed by atoms with van der Waals surface area (Å²) < 4.78 is 4.26. The number of carbonyl (C=O) groups is 3. The maximum atomic E-state index is 11.6. The van der Waals surface area contributed by atoms with Crippen LogP contribution >= 0.6 is 11.6 Å². The molecule has 0 saturated heterocycles. The van der Waals surface area contributed by atoms with E-state index in [1.54, 1.807) is 24.3 Å². The summed E-state index contributed by atoms with van der Waals surface area (Å²) in [6, 6.07) is 6.77. The van der Waals surface area contributed by atoms with Crippen LogP contribution in [0.4, 0.5) is 10.5 Å². The predicted octanol–water partition coefficient (Wildman–Crippen LogP) is 1.45. The molecule has 0 aromatic heterocycles. The Bertz CT molecular complexity index is 507. The number of hydrazine groups is 1. The van der Waals surface area contributed by atoms with Crippen molar-refractivity contribution in [2.75, 3.05) is 12.4 Å². The summed E-state index contributed by atoms with van der Waals surface area (Å²) in [6.45, 7) is 0. The Kier molecular flexibility index (Phi) is 6.31. The number of carbonyl (C=O) groups excluding carboxylic acids is 3. The summed E-state index contributed by atoms with van der Waals surface area (Å²) in [6.07, 6.45) is -0.918. The molecule has 7 nitrogen and oxygen atoms in total. The number of methoxy groups -OCH3 is 1. The molecule has 0 spiro atoms. The molecule has 0 bridgehead atoms. The number of benzene rings is 1. The minimum Gasteiger partial charge on any atom is -0.452 e. The van der Waals surface area contributed by atoms with Crippen molar-refractivity contribution in [1.29, 1.82) is 0 Å². The van der Waals surface area contributed by atoms with Crippen LogP contribution in [0, 0.1) is 0 Å². The fourth-order valence-corrected chi connectivity index (χ4v) is 1.42. The number of halogens is 1. The van der Waals surface area contributed by atoms with Crippen LogP contribution in [-0.4, -0.2) is 25.0 Å². The lowest BCUT2D eigenvalue weighted by atomic mass is 10.2. The molecule has 3 N–H and O–H groups in total. The first-order valence-electron chi connectivity index (χ1n) is 5.70. The first-order valence-corrected chi connectivity index (χ1v) is 6.08. The Morgan fingerprint density at radius 1 is 1.10 bits per heavy atom. The Hall–Kier alpha value is -2.28. The van der Waals surface area contributed by atoms with Gasteiger partial charge in [-0.2, -0.15) is 0 Å². The highest BCUT2D eigenvalue weighted by Crippen LogP contribution is 2.20. The topological polar surface area (TPSA) is 96.5 Å². The number of rotatable bonds is 4. The van der Waals surface area contributed by atoms with Crippen LogP contribution in [0.5, 0.6) is 0 Å². The van der Waals surface area contributed by atoms with Gasteiger partial charge in [-0.3, -0.25) is 15.0 Å². The van der Waals surface area contributed by atoms with Crippen LogP contribution in [0.3, 0.4) is 0 Å². The minimum atomic E-state index is -0.793. The highest BCUT2D eigenvalue weighted by Gasteiger charge is 2.09. The van der Waals surface area contributed by atoms with Gasteiger partial charge in [0, 0.05) is 12.8 Å². The third kappa shape index (κ3) is 5.57. The van der Waals surface area contributed by atoms with Crippen LogP contribution in [0.1, 0.15) is 12.8 Å². The van der Waals surface area contributed by atoms with Gasteiger partial charge in [-0.25, -0.2) is 10.2 Å². The second-order valence-corrected chi connectivity index (χ2v) is 4.10. The van der Waals surface area contributed by atoms with Gasteiger partial charge in [0.25, 0.3) is 0 Å². The molecule has 1 aromatic rings. The second kappa shape index (κ2) is 8.00. The Balaban J connectivity index is 2.31. The van der Waals surface area contributed by atoms with Crippen LogP contribution in [0.15, 0.2) is 24.3 Å². The molecule has 8 heteroatoms. The molecule has 108 valence electrons. The van der Waals surface area contributed by atoms with Gasteiger partial charge in [0.05, 0.1) is 17.8 Å². The number of hydrogen-bond donors (Lipinski definition) is 3. The maximum Gasteiger partial charge on any atom is 0.425 e. The van der Waals surface area contributed by atoms with Crippen LogP contribution < -0.4 is 16.2 Å². The lowest BCUT2D eigenvalue weighted by Crippen LogP contribution is -2.41. The first-order chi connectivity index (χ1) is 9.52. The third-order valence-electron chi connectivity index (χ3n) is 2.22. The Morgan fingerprint density at radius 3 is 2.40 bits per heavy atom. The fourth-order valence-electron chi connectivity index (χ4n) is 1.24. The molecule has 0 heterocycles. The van der Waals surface area contributed by atoms with Gasteiger partial charge >= 0.3 is 6.09 Å². The summed E-state index contributed by atoms with van der Waals surface area (Å²) in [5.74, 6) is -0.865. The van der Waals surface area contributed by atoms with Gasteiger partial charge in [-0.15, -0.1) is 0 Å². The van der Waals surface area contributed by atoms with Gasteiger partial charge in [0.1, 0.15) is 0 Å². The van der Waals surface area contributed by atoms with Crippen molar-refractivity contribution >= 4 is 35.2 Å². The van der Waals surface area contributed by atoms with Crippen molar-refractivity contribution in [2.24, 2.45) is 0 Å². The monoisotopic (exact) mass is 299 g/mol. The van der Waals surface area contributed by atoms with Crippen LogP contribution in [0.25, 0.3) is 0 Å². The quantitative estimate of drug-likeness (QED) is 0.733. The van der Waals surface area contributed by atoms with E-state index in [2.05, 4.69) is 15.5 Å². The molecular weight excluding hydrogens is 286 g/mol. The molecule has 0 aliphatic rings. The van der Waals surface area contributed by atoms with E-state index in [1.807, 2.05) is 5.43 Å². The smallest absolute Gasteiger partial charge is 0.425 e. The lowest BCUT2D eigenvalue weighted by molar-refractivity contribution is -0.124. The van der Waals surface area contributed by atoms with Gasteiger partial charge in [0.15, 0.2) is 0 Å². The molecule has 0 aliphatic heterocycles. The third-order valence-corrected chi connectivity index (χ3v) is 2.55. The van der Waals surface area contributed by atoms with Gasteiger partial charge < -0.3 is 10.1 Å². The van der Waals surface area contributed by atoms with E-state index >= 15 is 0 Å². The number of amides is 3. The summed E-state index contributed by atoms with van der Waals surface area (Å²) in [4.78, 5) is 33.6. The van der Waals surface area contributed by atoms with E-state index in [4.69, 9.17) is 11.6 Å². The molecular formula is C12H14ClN3O4. The molecule has 0 saturated carbocycles. The molecule has 0 atom stereocenters. The van der Waals surface area contributed by atoms with E-state index in [1.165, 1.54) is 7.11 Å². The standard InChI is InChI=1S/C12H14ClN3O4/c1-20-12(19)16-15-11(18)7-6-10(17)14-9-5-3-2-4-8(9)13/h2-5H,6-7H2,1H3,(H,14,17)(H,15,18)(H,16,19). The molecule has 0 radical (unpaired) electrons. The van der Waals surface area contributed by atoms with E-state index in [9.17, 15) is 14.4 Å². The van der Waals surface area contributed by atoms with E-state index in [0.717, 1.165) is 0 Å². The zero-order valence-electron chi connectivity index (χ0n) is 10.7. The molecule has 0 fully saturated rings. The zero-order valence-corrected chi connectivity index (χ0v) is 11.5. The summed E-state index contributed by atoms with van der Waals surface area (Å²) >= 11 is 5.88. The van der Waals surface area contributed by atoms with Gasteiger partial charge in [-0.1, -0.05) is 23.7 Å². The van der Waals surface area contributed by atoms with Crippen molar-refractivity contribution in [3.8, 4) is 0 Å². The van der Waals surface area contributed by atoms with Gasteiger partial charge in [0.2, 0.25) is 11.8 Å². The zero-order chi connectivity index (χ0) is 15.0. The summed E-state index contributed by atoms with van der Waals surface area (Å²) in [7, 11) is 1.17. The molecule has 20 heavy (non-hydrogen) atoms. The Labute approximate surface area is 120 Å². The largest absolute Gasteiger partial charge is 0.452 e. The maximum absolute atomic E-state index is 11.6. The summed E-state index contributed by atoms with van der Waals surface area (Å²) in [5, 5.41) is 2.99. The lowest BCUT2D eigenvalue weighted by Gasteiger charge is -2.07. The fraction of sp³-hybridized carbons (Fsp3) is 0.250. The average molecular weight is 300 g/mol. The van der Waals surface area contributed by atoms with E-state index < -0.39 is 12.0 Å². The molecule has 0 unspecified atom stereocenters. The number of para-hydroxylation sites is 1. The van der Waals surface area contributed by atoms with E-state index in [0.29, 0.717) is 10.7 Å². The molecule has 1 rings (SSSR count). The van der Waals surface area contributed by atoms with Crippen molar-refractivity contribution < 1.29 is 19.1 Å². The highest BCUT2D eigenvalue weighted by molar-refractivity contribution is 6.33. The number of nitrogens with one attached hydrogen (secondary N) is 3. The Morgan fingerprint density at radius 2 is 1.75 bits per heavy atom. The van der Waals surface area contributed by atoms with Crippen LogP contribution in [-0.2, 0) is 14.3 Å². The van der Waals surface area contributed by atoms with Crippen LogP contribution in [0.2, 0.25) is 5.02 Å². The van der Waals surface area contributed by atoms with Crippen molar-refractivity contribution in [2.45, 2.75) is 12.8 Å².